The fourth-order valence-electron chi connectivity index (χ4n) is 2.72. The van der Waals surface area contributed by atoms with Gasteiger partial charge in [-0.1, -0.05) is 18.2 Å². The van der Waals surface area contributed by atoms with E-state index in [1.54, 1.807) is 18.4 Å². The lowest BCUT2D eigenvalue weighted by Gasteiger charge is -2.23. The lowest BCUT2D eigenvalue weighted by Crippen LogP contribution is -2.34. The number of rotatable bonds is 10. The third-order valence-corrected chi connectivity index (χ3v) is 5.24. The van der Waals surface area contributed by atoms with E-state index >= 15 is 0 Å². The molecule has 2 aromatic rings. The number of ether oxygens (including phenoxy) is 1. The summed E-state index contributed by atoms with van der Waals surface area (Å²) >= 11 is 1.73. The van der Waals surface area contributed by atoms with Crippen LogP contribution in [0.25, 0.3) is 0 Å². The van der Waals surface area contributed by atoms with Gasteiger partial charge in [0.1, 0.15) is 5.75 Å². The predicted molar refractivity (Wildman–Crippen MR) is 104 cm³/mol. The van der Waals surface area contributed by atoms with E-state index in [1.807, 2.05) is 26.2 Å². The largest absolute Gasteiger partial charge is 0.497 e. The molecule has 0 saturated heterocycles. The number of unbranched alkanes of at least 4 members (excludes halogenated alkanes) is 1. The standard InChI is InChI=1S/C20H28N2O2S/c1-22(2)18(19-8-6-14-25-19)15-21-20(23)9-5-4-7-16-10-12-17(24-3)13-11-16/h6,8,10-14,18H,4-5,7,9,15H2,1-3H3,(H,21,23). The van der Waals surface area contributed by atoms with Gasteiger partial charge in [-0.15, -0.1) is 11.3 Å². The number of nitrogens with one attached hydrogen (secondary N) is 1. The quantitative estimate of drug-likeness (QED) is 0.654. The highest BCUT2D eigenvalue weighted by Crippen LogP contribution is 2.22. The fraction of sp³-hybridized carbons (Fsp3) is 0.450. The van der Waals surface area contributed by atoms with Crippen molar-refractivity contribution in [3.63, 3.8) is 0 Å². The van der Waals surface area contributed by atoms with Gasteiger partial charge in [-0.2, -0.15) is 0 Å². The topological polar surface area (TPSA) is 41.6 Å². The number of hydrogen-bond acceptors (Lipinski definition) is 4. The minimum Gasteiger partial charge on any atom is -0.497 e. The van der Waals surface area contributed by atoms with Gasteiger partial charge in [0.25, 0.3) is 0 Å². The summed E-state index contributed by atoms with van der Waals surface area (Å²) in [6.07, 6.45) is 3.50. The van der Waals surface area contributed by atoms with Crippen LogP contribution >= 0.6 is 11.3 Å². The van der Waals surface area contributed by atoms with Crippen molar-refractivity contribution in [3.8, 4) is 5.75 Å². The minimum absolute atomic E-state index is 0.137. The SMILES string of the molecule is COc1ccc(CCCCC(=O)NCC(c2cccs2)N(C)C)cc1. The molecule has 0 saturated carbocycles. The molecule has 1 heterocycles. The van der Waals surface area contributed by atoms with Crippen molar-refractivity contribution in [1.29, 1.82) is 0 Å². The molecule has 0 spiro atoms. The molecule has 25 heavy (non-hydrogen) atoms. The number of likely N-dealkylation sites (N-methyl/N-ethyl adjacent to an activating group) is 1. The Balaban J connectivity index is 1.66. The van der Waals surface area contributed by atoms with Crippen molar-refractivity contribution < 1.29 is 9.53 Å². The molecule has 1 aromatic carbocycles. The molecule has 1 aromatic heterocycles. The summed E-state index contributed by atoms with van der Waals surface area (Å²) in [5.74, 6) is 1.02. The molecule has 0 bridgehead atoms. The van der Waals surface area contributed by atoms with Crippen molar-refractivity contribution in [1.82, 2.24) is 10.2 Å². The van der Waals surface area contributed by atoms with Crippen LogP contribution in [0.3, 0.4) is 0 Å². The number of methoxy groups -OCH3 is 1. The molecule has 0 aliphatic rings. The number of amides is 1. The Hall–Kier alpha value is -1.85. The summed E-state index contributed by atoms with van der Waals surface area (Å²) in [5, 5.41) is 5.15. The van der Waals surface area contributed by atoms with E-state index in [-0.39, 0.29) is 11.9 Å². The molecule has 0 radical (unpaired) electrons. The zero-order valence-corrected chi connectivity index (χ0v) is 16.1. The van der Waals surface area contributed by atoms with Crippen LogP contribution < -0.4 is 10.1 Å². The van der Waals surface area contributed by atoms with Crippen LogP contribution in [0.4, 0.5) is 0 Å². The zero-order valence-electron chi connectivity index (χ0n) is 15.3. The van der Waals surface area contributed by atoms with Crippen LogP contribution in [0.5, 0.6) is 5.75 Å². The lowest BCUT2D eigenvalue weighted by atomic mass is 10.1. The normalized spacial score (nSPS) is 12.2. The molecule has 1 unspecified atom stereocenters. The highest BCUT2D eigenvalue weighted by molar-refractivity contribution is 7.10. The summed E-state index contributed by atoms with van der Waals surface area (Å²) in [6, 6.07) is 12.5. The van der Waals surface area contributed by atoms with E-state index in [0.29, 0.717) is 13.0 Å². The number of carbonyl (C=O) groups excluding carboxylic acids is 1. The Labute approximate surface area is 154 Å². The minimum atomic E-state index is 0.137. The van der Waals surface area contributed by atoms with Crippen molar-refractivity contribution in [2.45, 2.75) is 31.7 Å². The Bertz CT molecular complexity index is 624. The van der Waals surface area contributed by atoms with Gasteiger partial charge in [0.2, 0.25) is 5.91 Å². The van der Waals surface area contributed by atoms with Crippen LogP contribution in [0.1, 0.15) is 35.7 Å². The molecule has 2 rings (SSSR count). The van der Waals surface area contributed by atoms with Crippen LogP contribution in [-0.2, 0) is 11.2 Å². The average Bonchev–Trinajstić information content (AvgIpc) is 3.13. The monoisotopic (exact) mass is 360 g/mol. The van der Waals surface area contributed by atoms with Gasteiger partial charge >= 0.3 is 0 Å². The summed E-state index contributed by atoms with van der Waals surface area (Å²) in [4.78, 5) is 15.5. The predicted octanol–water partition coefficient (Wildman–Crippen LogP) is 3.89. The van der Waals surface area contributed by atoms with Crippen LogP contribution in [0, 0.1) is 0 Å². The first-order chi connectivity index (χ1) is 12.1. The van der Waals surface area contributed by atoms with Crippen LogP contribution in [0.2, 0.25) is 0 Å². The smallest absolute Gasteiger partial charge is 0.220 e. The molecule has 0 aliphatic carbocycles. The third-order valence-electron chi connectivity index (χ3n) is 4.27. The first kappa shape index (κ1) is 19.5. The van der Waals surface area contributed by atoms with Crippen LogP contribution in [0.15, 0.2) is 41.8 Å². The van der Waals surface area contributed by atoms with Gasteiger partial charge in [0.05, 0.1) is 13.2 Å². The second kappa shape index (κ2) is 10.2. The Kier molecular flexibility index (Phi) is 7.95. The summed E-state index contributed by atoms with van der Waals surface area (Å²) in [6.45, 7) is 0.658. The maximum absolute atomic E-state index is 12.1. The lowest BCUT2D eigenvalue weighted by molar-refractivity contribution is -0.121. The maximum atomic E-state index is 12.1. The van der Waals surface area contributed by atoms with Gasteiger partial charge in [-0.25, -0.2) is 0 Å². The molecule has 1 amide bonds. The molecular weight excluding hydrogens is 332 g/mol. The Morgan fingerprint density at radius 3 is 2.56 bits per heavy atom. The third kappa shape index (κ3) is 6.52. The molecule has 0 fully saturated rings. The van der Waals surface area contributed by atoms with Gasteiger partial charge in [-0.3, -0.25) is 4.79 Å². The van der Waals surface area contributed by atoms with Gasteiger partial charge < -0.3 is 15.0 Å². The maximum Gasteiger partial charge on any atom is 0.220 e. The molecule has 1 N–H and O–H groups in total. The van der Waals surface area contributed by atoms with Gasteiger partial charge in [-0.05, 0) is 62.5 Å². The fourth-order valence-corrected chi connectivity index (χ4v) is 3.65. The van der Waals surface area contributed by atoms with E-state index in [2.05, 4.69) is 39.9 Å². The molecular formula is C20H28N2O2S. The molecule has 0 aliphatic heterocycles. The van der Waals surface area contributed by atoms with E-state index in [0.717, 1.165) is 25.0 Å². The van der Waals surface area contributed by atoms with Gasteiger partial charge in [0, 0.05) is 17.8 Å². The number of aryl methyl sites for hydroxylation is 1. The average molecular weight is 361 g/mol. The number of hydrogen-bond donors (Lipinski definition) is 1. The van der Waals surface area contributed by atoms with Crippen molar-refractivity contribution in [2.75, 3.05) is 27.7 Å². The summed E-state index contributed by atoms with van der Waals surface area (Å²) < 4.78 is 5.16. The molecule has 5 heteroatoms. The van der Waals surface area contributed by atoms with E-state index in [1.165, 1.54) is 10.4 Å². The first-order valence-corrected chi connectivity index (χ1v) is 9.57. The highest BCUT2D eigenvalue weighted by Gasteiger charge is 2.15. The molecule has 1 atom stereocenters. The highest BCUT2D eigenvalue weighted by atomic mass is 32.1. The molecule has 136 valence electrons. The second-order valence-electron chi connectivity index (χ2n) is 6.35. The van der Waals surface area contributed by atoms with Crippen molar-refractivity contribution in [3.05, 3.63) is 52.2 Å². The Morgan fingerprint density at radius 2 is 1.96 bits per heavy atom. The second-order valence-corrected chi connectivity index (χ2v) is 7.33. The van der Waals surface area contributed by atoms with Crippen molar-refractivity contribution in [2.24, 2.45) is 0 Å². The van der Waals surface area contributed by atoms with Gasteiger partial charge in [0.15, 0.2) is 0 Å². The summed E-state index contributed by atoms with van der Waals surface area (Å²) in [5.41, 5.74) is 1.28. The van der Waals surface area contributed by atoms with E-state index < -0.39 is 0 Å². The number of benzene rings is 1. The summed E-state index contributed by atoms with van der Waals surface area (Å²) in [7, 11) is 5.77. The van der Waals surface area contributed by atoms with E-state index in [4.69, 9.17) is 4.74 Å². The first-order valence-electron chi connectivity index (χ1n) is 8.69. The van der Waals surface area contributed by atoms with E-state index in [9.17, 15) is 4.79 Å². The zero-order chi connectivity index (χ0) is 18.1. The Morgan fingerprint density at radius 1 is 1.20 bits per heavy atom. The molecule has 4 nitrogen and oxygen atoms in total. The number of thiophene rings is 1. The van der Waals surface area contributed by atoms with Crippen LogP contribution in [-0.4, -0.2) is 38.6 Å². The number of nitrogens with zero attached hydrogens (tertiary/aromatic N) is 1. The van der Waals surface area contributed by atoms with Crippen molar-refractivity contribution >= 4 is 17.2 Å². The number of carbonyl (C=O) groups is 1.